The molecule has 2 rings (SSSR count). The van der Waals surface area contributed by atoms with Crippen LogP contribution in [-0.4, -0.2) is 36.6 Å². The lowest BCUT2D eigenvalue weighted by Crippen LogP contribution is -2.31. The van der Waals surface area contributed by atoms with Crippen LogP contribution in [0.2, 0.25) is 0 Å². The maximum atomic E-state index is 11.5. The lowest BCUT2D eigenvalue weighted by atomic mass is 10.1. The summed E-state index contributed by atoms with van der Waals surface area (Å²) < 4.78 is 22.9. The molecule has 1 aliphatic rings. The number of fused-ring (bicyclic) bond motifs is 1. The Morgan fingerprint density at radius 1 is 1.37 bits per heavy atom. The molecule has 0 fully saturated rings. The largest absolute Gasteiger partial charge is 0.479 e. The monoisotopic (exact) mass is 283 g/mol. The summed E-state index contributed by atoms with van der Waals surface area (Å²) in [5.41, 5.74) is 1.03. The van der Waals surface area contributed by atoms with Gasteiger partial charge in [-0.15, -0.1) is 0 Å². The number of carbonyl (C=O) groups is 2. The molecular formula is C12H13NO5S. The molecule has 0 saturated heterocycles. The van der Waals surface area contributed by atoms with Crippen molar-refractivity contribution in [1.29, 1.82) is 0 Å². The summed E-state index contributed by atoms with van der Waals surface area (Å²) in [5.74, 6) is -1.48. The second-order valence-electron chi connectivity index (χ2n) is 4.52. The maximum absolute atomic E-state index is 11.5. The molecule has 1 aliphatic heterocycles. The fraction of sp³-hybridized carbons (Fsp3) is 0.333. The quantitative estimate of drug-likeness (QED) is 0.857. The van der Waals surface area contributed by atoms with Crippen molar-refractivity contribution >= 4 is 21.7 Å². The molecule has 19 heavy (non-hydrogen) atoms. The van der Waals surface area contributed by atoms with Crippen molar-refractivity contribution < 1.29 is 23.1 Å². The van der Waals surface area contributed by atoms with Crippen LogP contribution in [0.15, 0.2) is 23.1 Å². The van der Waals surface area contributed by atoms with E-state index in [1.807, 2.05) is 0 Å². The van der Waals surface area contributed by atoms with E-state index >= 15 is 0 Å². The van der Waals surface area contributed by atoms with Crippen molar-refractivity contribution in [3.8, 4) is 0 Å². The van der Waals surface area contributed by atoms with Crippen LogP contribution in [0.5, 0.6) is 0 Å². The van der Waals surface area contributed by atoms with E-state index in [4.69, 9.17) is 0 Å². The molecule has 102 valence electrons. The van der Waals surface area contributed by atoms with Gasteiger partial charge in [-0.1, -0.05) is 6.07 Å². The number of rotatable bonds is 2. The first-order valence-corrected chi connectivity index (χ1v) is 7.44. The molecule has 0 radical (unpaired) electrons. The molecule has 6 nitrogen and oxygen atoms in total. The van der Waals surface area contributed by atoms with Gasteiger partial charge in [-0.05, 0) is 23.3 Å². The average Bonchev–Trinajstić information content (AvgIpc) is 2.65. The first-order chi connectivity index (χ1) is 8.71. The van der Waals surface area contributed by atoms with Gasteiger partial charge in [-0.25, -0.2) is 13.2 Å². The van der Waals surface area contributed by atoms with E-state index in [1.54, 1.807) is 0 Å². The molecule has 1 aromatic carbocycles. The zero-order valence-corrected chi connectivity index (χ0v) is 11.3. The van der Waals surface area contributed by atoms with Crippen LogP contribution in [0.3, 0.4) is 0 Å². The van der Waals surface area contributed by atoms with Crippen LogP contribution in [0.1, 0.15) is 24.1 Å². The second kappa shape index (κ2) is 4.34. The number of carbonyl (C=O) groups excluding carboxylic acids is 1. The molecule has 1 heterocycles. The first kappa shape index (κ1) is 13.5. The Morgan fingerprint density at radius 2 is 2.00 bits per heavy atom. The number of carboxylic acids is 1. The van der Waals surface area contributed by atoms with Gasteiger partial charge in [-0.2, -0.15) is 0 Å². The van der Waals surface area contributed by atoms with Gasteiger partial charge in [0, 0.05) is 19.7 Å². The smallest absolute Gasteiger partial charge is 0.331 e. The lowest BCUT2D eigenvalue weighted by molar-refractivity contribution is -0.149. The molecule has 0 bridgehead atoms. The minimum atomic E-state index is -3.35. The van der Waals surface area contributed by atoms with Gasteiger partial charge in [-0.3, -0.25) is 4.79 Å². The minimum Gasteiger partial charge on any atom is -0.479 e. The summed E-state index contributed by atoms with van der Waals surface area (Å²) in [5, 5.41) is 9.20. The summed E-state index contributed by atoms with van der Waals surface area (Å²) >= 11 is 0. The highest BCUT2D eigenvalue weighted by Crippen LogP contribution is 2.35. The summed E-state index contributed by atoms with van der Waals surface area (Å²) in [4.78, 5) is 24.0. The lowest BCUT2D eigenvalue weighted by Gasteiger charge is -2.19. The Morgan fingerprint density at radius 3 is 2.47 bits per heavy atom. The van der Waals surface area contributed by atoms with Crippen LogP contribution in [0, 0.1) is 0 Å². The minimum absolute atomic E-state index is 0.116. The first-order valence-electron chi connectivity index (χ1n) is 5.54. The van der Waals surface area contributed by atoms with Crippen molar-refractivity contribution in [2.24, 2.45) is 0 Å². The number of amides is 1. The average molecular weight is 283 g/mol. The van der Waals surface area contributed by atoms with Gasteiger partial charge in [0.1, 0.15) is 0 Å². The number of benzene rings is 1. The molecule has 0 spiro atoms. The van der Waals surface area contributed by atoms with Crippen molar-refractivity contribution in [1.82, 2.24) is 4.90 Å². The SMILES string of the molecule is CC(=O)N1Cc2cc(S(C)(=O)=O)ccc2[C@@H]1C(=O)O. The van der Waals surface area contributed by atoms with E-state index in [9.17, 15) is 23.1 Å². The van der Waals surface area contributed by atoms with Gasteiger partial charge in [0.15, 0.2) is 15.9 Å². The molecule has 1 N–H and O–H groups in total. The molecule has 0 saturated carbocycles. The Hall–Kier alpha value is -1.89. The normalized spacial score (nSPS) is 18.2. The second-order valence-corrected chi connectivity index (χ2v) is 6.54. The van der Waals surface area contributed by atoms with E-state index in [0.717, 1.165) is 6.26 Å². The number of aliphatic carboxylic acids is 1. The van der Waals surface area contributed by atoms with Crippen LogP contribution in [0.25, 0.3) is 0 Å². The summed E-state index contributed by atoms with van der Waals surface area (Å²) in [6, 6.07) is 3.23. The van der Waals surface area contributed by atoms with Gasteiger partial charge in [0.2, 0.25) is 5.91 Å². The van der Waals surface area contributed by atoms with Gasteiger partial charge < -0.3 is 10.0 Å². The Bertz CT molecular complexity index is 665. The zero-order chi connectivity index (χ0) is 14.4. The zero-order valence-electron chi connectivity index (χ0n) is 10.5. The molecule has 1 atom stereocenters. The van der Waals surface area contributed by atoms with Gasteiger partial charge >= 0.3 is 5.97 Å². The molecule has 1 amide bonds. The topological polar surface area (TPSA) is 91.8 Å². The van der Waals surface area contributed by atoms with Crippen molar-refractivity contribution in [3.05, 3.63) is 29.3 Å². The highest BCUT2D eigenvalue weighted by atomic mass is 32.2. The Balaban J connectivity index is 2.54. The highest BCUT2D eigenvalue weighted by Gasteiger charge is 2.37. The van der Waals surface area contributed by atoms with Gasteiger partial charge in [0.25, 0.3) is 0 Å². The number of hydrogen-bond donors (Lipinski definition) is 1. The predicted molar refractivity (Wildman–Crippen MR) is 66.2 cm³/mol. The third kappa shape index (κ3) is 2.33. The van der Waals surface area contributed by atoms with Crippen LogP contribution in [-0.2, 0) is 26.0 Å². The molecule has 0 unspecified atom stereocenters. The standard InChI is InChI=1S/C12H13NO5S/c1-7(14)13-6-8-5-9(19(2,17)18)3-4-10(8)11(13)12(15)16/h3-5,11H,6H2,1-2H3,(H,15,16)/t11-/m1/s1. The highest BCUT2D eigenvalue weighted by molar-refractivity contribution is 7.90. The molecule has 1 aromatic rings. The van der Waals surface area contributed by atoms with Crippen LogP contribution in [0.4, 0.5) is 0 Å². The number of sulfone groups is 1. The molecule has 7 heteroatoms. The van der Waals surface area contributed by atoms with Crippen molar-refractivity contribution in [3.63, 3.8) is 0 Å². The molecule has 0 aliphatic carbocycles. The third-order valence-electron chi connectivity index (χ3n) is 3.13. The Labute approximate surface area is 110 Å². The third-order valence-corrected chi connectivity index (χ3v) is 4.24. The van der Waals surface area contributed by atoms with Crippen LogP contribution >= 0.6 is 0 Å². The van der Waals surface area contributed by atoms with E-state index < -0.39 is 21.8 Å². The Kier molecular flexibility index (Phi) is 3.09. The fourth-order valence-corrected chi connectivity index (χ4v) is 2.89. The summed E-state index contributed by atoms with van der Waals surface area (Å²) in [6.45, 7) is 1.41. The van der Waals surface area contributed by atoms with E-state index in [2.05, 4.69) is 0 Å². The summed E-state index contributed by atoms with van der Waals surface area (Å²) in [7, 11) is -3.35. The van der Waals surface area contributed by atoms with E-state index in [0.29, 0.717) is 11.1 Å². The maximum Gasteiger partial charge on any atom is 0.331 e. The molecular weight excluding hydrogens is 270 g/mol. The van der Waals surface area contributed by atoms with E-state index in [-0.39, 0.29) is 17.3 Å². The molecule has 0 aromatic heterocycles. The van der Waals surface area contributed by atoms with Crippen molar-refractivity contribution in [2.75, 3.05) is 6.26 Å². The van der Waals surface area contributed by atoms with E-state index in [1.165, 1.54) is 30.0 Å². The number of nitrogens with zero attached hydrogens (tertiary/aromatic N) is 1. The number of carboxylic acid groups (broad SMARTS) is 1. The fourth-order valence-electron chi connectivity index (χ4n) is 2.22. The summed E-state index contributed by atoms with van der Waals surface area (Å²) in [6.07, 6.45) is 1.08. The predicted octanol–water partition coefficient (Wildman–Crippen LogP) is 0.578. The van der Waals surface area contributed by atoms with Crippen molar-refractivity contribution in [2.45, 2.75) is 24.4 Å². The van der Waals surface area contributed by atoms with Crippen LogP contribution < -0.4 is 0 Å². The van der Waals surface area contributed by atoms with Gasteiger partial charge in [0.05, 0.1) is 4.90 Å². The number of hydrogen-bond acceptors (Lipinski definition) is 4.